The molecule has 1 aromatic rings. The number of rotatable bonds is 2. The lowest BCUT2D eigenvalue weighted by Crippen LogP contribution is -2.06. The third kappa shape index (κ3) is 2.01. The van der Waals surface area contributed by atoms with Crippen molar-refractivity contribution >= 4 is 17.6 Å². The van der Waals surface area contributed by atoms with Crippen LogP contribution in [0.4, 0.5) is 0 Å². The molecule has 0 unspecified atom stereocenters. The summed E-state index contributed by atoms with van der Waals surface area (Å²) in [5, 5.41) is 8.64. The highest BCUT2D eigenvalue weighted by molar-refractivity contribution is 6.34. The SMILES string of the molecule is CCOC(=O)c1ccnc(C#N)c1Cl. The van der Waals surface area contributed by atoms with Crippen LogP contribution in [0.2, 0.25) is 5.02 Å². The zero-order chi connectivity index (χ0) is 10.6. The van der Waals surface area contributed by atoms with Gasteiger partial charge in [-0.05, 0) is 13.0 Å². The van der Waals surface area contributed by atoms with Crippen LogP contribution < -0.4 is 0 Å². The maximum Gasteiger partial charge on any atom is 0.339 e. The van der Waals surface area contributed by atoms with Gasteiger partial charge in [-0.1, -0.05) is 11.6 Å². The minimum Gasteiger partial charge on any atom is -0.462 e. The molecular formula is C9H7ClN2O2. The largest absolute Gasteiger partial charge is 0.462 e. The molecule has 0 aliphatic heterocycles. The fraction of sp³-hybridized carbons (Fsp3) is 0.222. The number of carbonyl (C=O) groups is 1. The van der Waals surface area contributed by atoms with E-state index in [1.54, 1.807) is 13.0 Å². The van der Waals surface area contributed by atoms with Gasteiger partial charge in [-0.2, -0.15) is 5.26 Å². The maximum absolute atomic E-state index is 11.3. The lowest BCUT2D eigenvalue weighted by Gasteiger charge is -2.03. The minimum absolute atomic E-state index is 0.0252. The summed E-state index contributed by atoms with van der Waals surface area (Å²) in [6, 6.07) is 3.20. The molecule has 0 atom stereocenters. The average molecular weight is 211 g/mol. The Bertz CT molecular complexity index is 398. The average Bonchev–Trinajstić information content (AvgIpc) is 2.18. The van der Waals surface area contributed by atoms with Crippen molar-refractivity contribution in [1.82, 2.24) is 4.98 Å². The minimum atomic E-state index is -0.545. The van der Waals surface area contributed by atoms with Gasteiger partial charge in [0.05, 0.1) is 17.2 Å². The molecule has 0 saturated carbocycles. The number of pyridine rings is 1. The van der Waals surface area contributed by atoms with Gasteiger partial charge < -0.3 is 4.74 Å². The number of aromatic nitrogens is 1. The standard InChI is InChI=1S/C9H7ClN2O2/c1-2-14-9(13)6-3-4-12-7(5-11)8(6)10/h3-4H,2H2,1H3. The van der Waals surface area contributed by atoms with Crippen LogP contribution in [0.5, 0.6) is 0 Å². The van der Waals surface area contributed by atoms with Gasteiger partial charge in [0.25, 0.3) is 0 Å². The highest BCUT2D eigenvalue weighted by Gasteiger charge is 2.14. The van der Waals surface area contributed by atoms with Crippen LogP contribution in [0.15, 0.2) is 12.3 Å². The number of hydrogen-bond acceptors (Lipinski definition) is 4. The van der Waals surface area contributed by atoms with Crippen molar-refractivity contribution in [2.45, 2.75) is 6.92 Å². The molecule has 0 radical (unpaired) electrons. The summed E-state index contributed by atoms with van der Waals surface area (Å²) in [5.74, 6) is -0.545. The molecule has 5 heteroatoms. The summed E-state index contributed by atoms with van der Waals surface area (Å²) in [5.41, 5.74) is 0.192. The number of nitrogens with zero attached hydrogens (tertiary/aromatic N) is 2. The molecule has 1 rings (SSSR count). The first-order chi connectivity index (χ1) is 6.70. The fourth-order valence-corrected chi connectivity index (χ4v) is 1.12. The predicted molar refractivity (Wildman–Crippen MR) is 49.9 cm³/mol. The molecule has 0 saturated heterocycles. The van der Waals surface area contributed by atoms with E-state index in [0.29, 0.717) is 0 Å². The molecule has 0 bridgehead atoms. The lowest BCUT2D eigenvalue weighted by molar-refractivity contribution is 0.0526. The molecule has 14 heavy (non-hydrogen) atoms. The van der Waals surface area contributed by atoms with Gasteiger partial charge >= 0.3 is 5.97 Å². The van der Waals surface area contributed by atoms with Crippen LogP contribution in [0.1, 0.15) is 23.0 Å². The first-order valence-electron chi connectivity index (χ1n) is 3.92. The molecule has 1 heterocycles. The summed E-state index contributed by atoms with van der Waals surface area (Å²) >= 11 is 5.75. The molecule has 72 valence electrons. The number of halogens is 1. The normalized spacial score (nSPS) is 9.21. The second kappa shape index (κ2) is 4.58. The fourth-order valence-electron chi connectivity index (χ4n) is 0.888. The molecule has 0 aliphatic rings. The number of hydrogen-bond donors (Lipinski definition) is 0. The second-order valence-corrected chi connectivity index (χ2v) is 2.73. The summed E-state index contributed by atoms with van der Waals surface area (Å²) in [6.45, 7) is 1.96. The molecular weight excluding hydrogens is 204 g/mol. The van der Waals surface area contributed by atoms with Gasteiger partial charge in [0.15, 0.2) is 5.69 Å². The Morgan fingerprint density at radius 1 is 1.79 bits per heavy atom. The Kier molecular flexibility index (Phi) is 3.43. The molecule has 0 spiro atoms. The van der Waals surface area contributed by atoms with Gasteiger partial charge in [0, 0.05) is 6.20 Å². The number of esters is 1. The van der Waals surface area contributed by atoms with E-state index < -0.39 is 5.97 Å². The van der Waals surface area contributed by atoms with E-state index in [4.69, 9.17) is 21.6 Å². The smallest absolute Gasteiger partial charge is 0.339 e. The Hall–Kier alpha value is -1.60. The summed E-state index contributed by atoms with van der Waals surface area (Å²) < 4.78 is 4.75. The Balaban J connectivity index is 3.11. The molecule has 0 N–H and O–H groups in total. The molecule has 1 aromatic heterocycles. The van der Waals surface area contributed by atoms with Crippen molar-refractivity contribution in [3.8, 4) is 6.07 Å². The van der Waals surface area contributed by atoms with Gasteiger partial charge in [0.1, 0.15) is 6.07 Å². The van der Waals surface area contributed by atoms with E-state index in [9.17, 15) is 4.79 Å². The lowest BCUT2D eigenvalue weighted by atomic mass is 10.2. The summed E-state index contributed by atoms with van der Waals surface area (Å²) in [7, 11) is 0. The zero-order valence-electron chi connectivity index (χ0n) is 7.45. The van der Waals surface area contributed by atoms with E-state index in [-0.39, 0.29) is 22.9 Å². The van der Waals surface area contributed by atoms with Crippen molar-refractivity contribution in [1.29, 1.82) is 5.26 Å². The second-order valence-electron chi connectivity index (χ2n) is 2.35. The maximum atomic E-state index is 11.3. The Labute approximate surface area is 86.1 Å². The van der Waals surface area contributed by atoms with Crippen molar-refractivity contribution in [3.05, 3.63) is 28.5 Å². The highest BCUT2D eigenvalue weighted by Crippen LogP contribution is 2.19. The van der Waals surface area contributed by atoms with E-state index in [2.05, 4.69) is 4.98 Å². The Morgan fingerprint density at radius 3 is 3.07 bits per heavy atom. The molecule has 0 fully saturated rings. The van der Waals surface area contributed by atoms with E-state index in [1.165, 1.54) is 12.3 Å². The van der Waals surface area contributed by atoms with Crippen molar-refractivity contribution in [3.63, 3.8) is 0 Å². The summed E-state index contributed by atoms with van der Waals surface area (Å²) in [4.78, 5) is 15.0. The molecule has 0 aliphatic carbocycles. The molecule has 4 nitrogen and oxygen atoms in total. The number of nitriles is 1. The van der Waals surface area contributed by atoms with Crippen LogP contribution in [-0.2, 0) is 4.74 Å². The molecule has 0 aromatic carbocycles. The quantitative estimate of drug-likeness (QED) is 0.698. The van der Waals surface area contributed by atoms with E-state index in [1.807, 2.05) is 0 Å². The molecule has 0 amide bonds. The summed E-state index contributed by atoms with van der Waals surface area (Å²) in [6.07, 6.45) is 1.34. The van der Waals surface area contributed by atoms with E-state index in [0.717, 1.165) is 0 Å². The predicted octanol–water partition coefficient (Wildman–Crippen LogP) is 1.78. The van der Waals surface area contributed by atoms with Gasteiger partial charge in [-0.15, -0.1) is 0 Å². The highest BCUT2D eigenvalue weighted by atomic mass is 35.5. The number of ether oxygens (including phenoxy) is 1. The third-order valence-corrected chi connectivity index (χ3v) is 1.87. The van der Waals surface area contributed by atoms with Crippen LogP contribution in [0.3, 0.4) is 0 Å². The third-order valence-electron chi connectivity index (χ3n) is 1.49. The van der Waals surface area contributed by atoms with Crippen LogP contribution in [0, 0.1) is 11.3 Å². The van der Waals surface area contributed by atoms with Crippen molar-refractivity contribution in [2.24, 2.45) is 0 Å². The van der Waals surface area contributed by atoms with Gasteiger partial charge in [-0.3, -0.25) is 0 Å². The first-order valence-corrected chi connectivity index (χ1v) is 4.30. The van der Waals surface area contributed by atoms with Crippen LogP contribution in [-0.4, -0.2) is 17.6 Å². The topological polar surface area (TPSA) is 63.0 Å². The van der Waals surface area contributed by atoms with Crippen molar-refractivity contribution in [2.75, 3.05) is 6.61 Å². The van der Waals surface area contributed by atoms with Crippen LogP contribution >= 0.6 is 11.6 Å². The Morgan fingerprint density at radius 2 is 2.50 bits per heavy atom. The monoisotopic (exact) mass is 210 g/mol. The van der Waals surface area contributed by atoms with Gasteiger partial charge in [-0.25, -0.2) is 9.78 Å². The van der Waals surface area contributed by atoms with E-state index >= 15 is 0 Å². The number of carbonyl (C=O) groups excluding carboxylic acids is 1. The van der Waals surface area contributed by atoms with Crippen molar-refractivity contribution < 1.29 is 9.53 Å². The van der Waals surface area contributed by atoms with Gasteiger partial charge in [0.2, 0.25) is 0 Å². The zero-order valence-corrected chi connectivity index (χ0v) is 8.21. The van der Waals surface area contributed by atoms with Crippen LogP contribution in [0.25, 0.3) is 0 Å². The first kappa shape index (κ1) is 10.5.